The van der Waals surface area contributed by atoms with Gasteiger partial charge in [-0.1, -0.05) is 79.7 Å². The lowest BCUT2D eigenvalue weighted by Gasteiger charge is -2.22. The van der Waals surface area contributed by atoms with Gasteiger partial charge in [-0.05, 0) is 23.0 Å². The van der Waals surface area contributed by atoms with E-state index >= 15 is 0 Å². The molecule has 0 aliphatic carbocycles. The molecule has 94 valence electrons. The zero-order chi connectivity index (χ0) is 13.2. The molecule has 0 N–H and O–H groups in total. The first kappa shape index (κ1) is 17.6. The predicted octanol–water partition coefficient (Wildman–Crippen LogP) is 5.60. The molecule has 0 heterocycles. The standard InChI is InChI=1S/C12H18.2C2H6/c1-5-10-8-6-7-9-11(10)12(2,3)4;2*1-2/h6-9H,5H2,1-4H3;2*1-2H3. The van der Waals surface area contributed by atoms with Crippen molar-refractivity contribution < 1.29 is 0 Å². The van der Waals surface area contributed by atoms with Gasteiger partial charge in [-0.15, -0.1) is 0 Å². The molecule has 0 fully saturated rings. The van der Waals surface area contributed by atoms with Crippen molar-refractivity contribution in [3.63, 3.8) is 0 Å². The minimum atomic E-state index is 0.284. The molecule has 0 spiro atoms. The molecule has 16 heavy (non-hydrogen) atoms. The summed E-state index contributed by atoms with van der Waals surface area (Å²) in [6.07, 6.45) is 1.13. The van der Waals surface area contributed by atoms with Crippen molar-refractivity contribution in [1.29, 1.82) is 0 Å². The Morgan fingerprint density at radius 3 is 1.62 bits per heavy atom. The largest absolute Gasteiger partial charge is 0.0683 e. The molecule has 0 nitrogen and oxygen atoms in total. The van der Waals surface area contributed by atoms with E-state index in [2.05, 4.69) is 52.0 Å². The van der Waals surface area contributed by atoms with E-state index < -0.39 is 0 Å². The van der Waals surface area contributed by atoms with E-state index in [1.807, 2.05) is 27.7 Å². The van der Waals surface area contributed by atoms with E-state index in [4.69, 9.17) is 0 Å². The van der Waals surface area contributed by atoms with Crippen molar-refractivity contribution in [2.45, 2.75) is 67.2 Å². The average molecular weight is 222 g/mol. The molecule has 0 unspecified atom stereocenters. The van der Waals surface area contributed by atoms with Crippen molar-refractivity contribution in [3.8, 4) is 0 Å². The van der Waals surface area contributed by atoms with Gasteiger partial charge >= 0.3 is 0 Å². The molecular weight excluding hydrogens is 192 g/mol. The maximum absolute atomic E-state index is 2.27. The summed E-state index contributed by atoms with van der Waals surface area (Å²) in [5, 5.41) is 0. The van der Waals surface area contributed by atoms with Gasteiger partial charge in [0.05, 0.1) is 0 Å². The minimum absolute atomic E-state index is 0.284. The number of rotatable bonds is 1. The van der Waals surface area contributed by atoms with Gasteiger partial charge in [0.2, 0.25) is 0 Å². The van der Waals surface area contributed by atoms with Crippen LogP contribution in [0, 0.1) is 0 Å². The van der Waals surface area contributed by atoms with Crippen molar-refractivity contribution in [3.05, 3.63) is 35.4 Å². The van der Waals surface area contributed by atoms with Crippen LogP contribution >= 0.6 is 0 Å². The SMILES string of the molecule is CC.CC.CCc1ccccc1C(C)(C)C. The van der Waals surface area contributed by atoms with Crippen LogP contribution in [0.3, 0.4) is 0 Å². The topological polar surface area (TPSA) is 0 Å². The van der Waals surface area contributed by atoms with Crippen LogP contribution in [0.15, 0.2) is 24.3 Å². The van der Waals surface area contributed by atoms with Crippen molar-refractivity contribution in [2.24, 2.45) is 0 Å². The molecule has 0 radical (unpaired) electrons. The Morgan fingerprint density at radius 2 is 1.31 bits per heavy atom. The van der Waals surface area contributed by atoms with Crippen LogP contribution in [-0.4, -0.2) is 0 Å². The van der Waals surface area contributed by atoms with Gasteiger partial charge in [-0.25, -0.2) is 0 Å². The van der Waals surface area contributed by atoms with Gasteiger partial charge in [-0.2, -0.15) is 0 Å². The second-order valence-electron chi connectivity index (χ2n) is 4.26. The van der Waals surface area contributed by atoms with Crippen molar-refractivity contribution in [1.82, 2.24) is 0 Å². The van der Waals surface area contributed by atoms with Crippen LogP contribution in [-0.2, 0) is 11.8 Å². The number of aryl methyl sites for hydroxylation is 1. The van der Waals surface area contributed by atoms with Crippen LogP contribution in [0.4, 0.5) is 0 Å². The summed E-state index contributed by atoms with van der Waals surface area (Å²) in [7, 11) is 0. The Kier molecular flexibility index (Phi) is 10.4. The van der Waals surface area contributed by atoms with E-state index in [-0.39, 0.29) is 5.41 Å². The van der Waals surface area contributed by atoms with E-state index in [9.17, 15) is 0 Å². The van der Waals surface area contributed by atoms with Crippen LogP contribution < -0.4 is 0 Å². The molecule has 1 rings (SSSR count). The molecule has 0 atom stereocenters. The summed E-state index contributed by atoms with van der Waals surface area (Å²) < 4.78 is 0. The highest BCUT2D eigenvalue weighted by molar-refractivity contribution is 5.32. The van der Waals surface area contributed by atoms with Crippen molar-refractivity contribution in [2.75, 3.05) is 0 Å². The third-order valence-electron chi connectivity index (χ3n) is 2.21. The molecule has 1 aromatic carbocycles. The summed E-state index contributed by atoms with van der Waals surface area (Å²) >= 11 is 0. The fourth-order valence-electron chi connectivity index (χ4n) is 1.56. The molecule has 0 aliphatic heterocycles. The second kappa shape index (κ2) is 9.45. The van der Waals surface area contributed by atoms with Gasteiger partial charge in [0.1, 0.15) is 0 Å². The maximum Gasteiger partial charge on any atom is -0.0129 e. The van der Waals surface area contributed by atoms with Crippen LogP contribution in [0.1, 0.15) is 66.5 Å². The Labute approximate surface area is 103 Å². The molecular formula is C16H30. The summed E-state index contributed by atoms with van der Waals surface area (Å²) in [6.45, 7) is 17.0. The zero-order valence-corrected chi connectivity index (χ0v) is 12.5. The summed E-state index contributed by atoms with van der Waals surface area (Å²) in [4.78, 5) is 0. The monoisotopic (exact) mass is 222 g/mol. The van der Waals surface area contributed by atoms with Crippen LogP contribution in [0.5, 0.6) is 0 Å². The first-order valence-electron chi connectivity index (χ1n) is 6.64. The van der Waals surface area contributed by atoms with Crippen LogP contribution in [0.25, 0.3) is 0 Å². The maximum atomic E-state index is 2.27. The fourth-order valence-corrected chi connectivity index (χ4v) is 1.56. The molecule has 0 aromatic heterocycles. The van der Waals surface area contributed by atoms with Crippen LogP contribution in [0.2, 0.25) is 0 Å². The summed E-state index contributed by atoms with van der Waals surface area (Å²) in [5.41, 5.74) is 3.24. The highest BCUT2D eigenvalue weighted by Gasteiger charge is 2.15. The van der Waals surface area contributed by atoms with Gasteiger partial charge in [0.15, 0.2) is 0 Å². The number of hydrogen-bond acceptors (Lipinski definition) is 0. The molecule has 0 saturated carbocycles. The fraction of sp³-hybridized carbons (Fsp3) is 0.625. The lowest BCUT2D eigenvalue weighted by Crippen LogP contribution is -2.13. The molecule has 0 amide bonds. The Bertz CT molecular complexity index is 253. The quantitative estimate of drug-likeness (QED) is 0.580. The van der Waals surface area contributed by atoms with Gasteiger partial charge in [-0.3, -0.25) is 0 Å². The van der Waals surface area contributed by atoms with Crippen molar-refractivity contribution >= 4 is 0 Å². The molecule has 0 saturated heterocycles. The lowest BCUT2D eigenvalue weighted by molar-refractivity contribution is 0.583. The molecule has 1 aromatic rings. The molecule has 0 bridgehead atoms. The number of hydrogen-bond donors (Lipinski definition) is 0. The third-order valence-corrected chi connectivity index (χ3v) is 2.21. The summed E-state index contributed by atoms with van der Waals surface area (Å²) in [5.74, 6) is 0. The summed E-state index contributed by atoms with van der Waals surface area (Å²) in [6, 6.07) is 8.70. The molecule has 0 heteroatoms. The van der Waals surface area contributed by atoms with E-state index in [0.717, 1.165) is 6.42 Å². The highest BCUT2D eigenvalue weighted by Crippen LogP contribution is 2.25. The first-order valence-corrected chi connectivity index (χ1v) is 6.64. The smallest absolute Gasteiger partial charge is 0.0129 e. The normalized spacial score (nSPS) is 9.50. The van der Waals surface area contributed by atoms with E-state index in [1.165, 1.54) is 11.1 Å². The third kappa shape index (κ3) is 5.95. The first-order chi connectivity index (χ1) is 7.55. The second-order valence-corrected chi connectivity index (χ2v) is 4.26. The lowest BCUT2D eigenvalue weighted by atomic mass is 9.83. The average Bonchev–Trinajstić information content (AvgIpc) is 2.33. The number of benzene rings is 1. The van der Waals surface area contributed by atoms with Gasteiger partial charge < -0.3 is 0 Å². The molecule has 0 aliphatic rings. The van der Waals surface area contributed by atoms with Gasteiger partial charge in [0.25, 0.3) is 0 Å². The highest BCUT2D eigenvalue weighted by atomic mass is 14.2. The Morgan fingerprint density at radius 1 is 0.875 bits per heavy atom. The predicted molar refractivity (Wildman–Crippen MR) is 77.2 cm³/mol. The zero-order valence-electron chi connectivity index (χ0n) is 12.5. The van der Waals surface area contributed by atoms with Gasteiger partial charge in [0, 0.05) is 0 Å². The Hall–Kier alpha value is -0.780. The minimum Gasteiger partial charge on any atom is -0.0683 e. The Balaban J connectivity index is 0. The van der Waals surface area contributed by atoms with E-state index in [1.54, 1.807) is 0 Å². The van der Waals surface area contributed by atoms with E-state index in [0.29, 0.717) is 0 Å².